The number of anilines is 3. The maximum absolute atomic E-state index is 14.8. The molecule has 0 saturated carbocycles. The number of ether oxygens (including phenoxy) is 1. The van der Waals surface area contributed by atoms with Crippen molar-refractivity contribution < 1.29 is 24.2 Å². The average molecular weight is 513 g/mol. The molecule has 8 heteroatoms. The number of nitrogens with zero attached hydrogens (tertiary/aromatic N) is 2. The van der Waals surface area contributed by atoms with Crippen LogP contribution in [-0.2, 0) is 19.1 Å². The van der Waals surface area contributed by atoms with E-state index in [1.807, 2.05) is 6.07 Å². The fourth-order valence-electron chi connectivity index (χ4n) is 5.38. The molecule has 3 aliphatic heterocycles. The summed E-state index contributed by atoms with van der Waals surface area (Å²) in [5.41, 5.74) is -0.131. The van der Waals surface area contributed by atoms with Gasteiger partial charge in [0.1, 0.15) is 5.76 Å². The third-order valence-corrected chi connectivity index (χ3v) is 7.22. The van der Waals surface area contributed by atoms with E-state index < -0.39 is 28.9 Å². The molecule has 0 radical (unpaired) electrons. The van der Waals surface area contributed by atoms with Gasteiger partial charge in [-0.05, 0) is 61.4 Å². The molecule has 0 spiro atoms. The minimum Gasteiger partial charge on any atom is -0.507 e. The Kier molecular flexibility index (Phi) is 5.38. The number of Topliss-reactive ketones (excluding diaryl/α,β-unsaturated/α-hetero) is 1. The first-order valence-electron chi connectivity index (χ1n) is 11.8. The van der Waals surface area contributed by atoms with Gasteiger partial charge in [-0.1, -0.05) is 41.9 Å². The summed E-state index contributed by atoms with van der Waals surface area (Å²) >= 11 is 6.04. The Balaban J connectivity index is 1.72. The summed E-state index contributed by atoms with van der Waals surface area (Å²) in [6, 6.07) is 22.2. The first-order chi connectivity index (χ1) is 18.0. The third-order valence-electron chi connectivity index (χ3n) is 6.97. The Hall–Kier alpha value is -4.36. The quantitative estimate of drug-likeness (QED) is 0.291. The van der Waals surface area contributed by atoms with E-state index in [1.165, 1.54) is 16.1 Å². The van der Waals surface area contributed by atoms with E-state index in [0.29, 0.717) is 47.1 Å². The highest BCUT2D eigenvalue weighted by molar-refractivity contribution is 6.56. The van der Waals surface area contributed by atoms with Gasteiger partial charge in [-0.3, -0.25) is 24.2 Å². The average Bonchev–Trinajstić information content (AvgIpc) is 3.18. The maximum atomic E-state index is 14.8. The Bertz CT molecular complexity index is 1510. The molecule has 1 fully saturated rings. The number of hydrogen-bond donors (Lipinski definition) is 1. The van der Waals surface area contributed by atoms with Crippen molar-refractivity contribution in [1.82, 2.24) is 0 Å². The largest absolute Gasteiger partial charge is 0.507 e. The molecule has 37 heavy (non-hydrogen) atoms. The van der Waals surface area contributed by atoms with Crippen molar-refractivity contribution >= 4 is 52.0 Å². The van der Waals surface area contributed by atoms with Crippen LogP contribution in [0.1, 0.15) is 18.4 Å². The third kappa shape index (κ3) is 3.24. The first kappa shape index (κ1) is 23.1. The van der Waals surface area contributed by atoms with Crippen molar-refractivity contribution in [1.29, 1.82) is 0 Å². The number of fused-ring (bicyclic) bond motifs is 3. The number of benzene rings is 3. The molecule has 3 aromatic rings. The summed E-state index contributed by atoms with van der Waals surface area (Å²) in [5.74, 6) is -2.85. The standard InChI is InChI=1S/C29H21ClN2O5/c30-20-14-12-18(13-15-20)25(33)24-26(34)27(35)32-23-11-5-4-10-22(23)31(21-8-2-1-3-9-21)28(36)29(24,32)19-7-6-16-37-17-19/h1-5,8-15,17,33H,6-7,16H2/b25-24-. The van der Waals surface area contributed by atoms with Crippen LogP contribution < -0.4 is 9.80 Å². The Morgan fingerprint density at radius 2 is 1.57 bits per heavy atom. The predicted octanol–water partition coefficient (Wildman–Crippen LogP) is 5.34. The maximum Gasteiger partial charge on any atom is 0.300 e. The number of carbonyl (C=O) groups excluding carboxylic acids is 3. The number of hydrogen-bond acceptors (Lipinski definition) is 5. The summed E-state index contributed by atoms with van der Waals surface area (Å²) in [7, 11) is 0. The van der Waals surface area contributed by atoms with Crippen LogP contribution in [0.5, 0.6) is 0 Å². The van der Waals surface area contributed by atoms with Gasteiger partial charge in [-0.2, -0.15) is 0 Å². The second-order valence-electron chi connectivity index (χ2n) is 8.99. The molecule has 0 bridgehead atoms. The summed E-state index contributed by atoms with van der Waals surface area (Å²) < 4.78 is 5.63. The summed E-state index contributed by atoms with van der Waals surface area (Å²) in [5, 5.41) is 12.0. The lowest BCUT2D eigenvalue weighted by Gasteiger charge is -2.47. The van der Waals surface area contributed by atoms with Crippen molar-refractivity contribution in [3.8, 4) is 0 Å². The number of amides is 2. The van der Waals surface area contributed by atoms with E-state index in [1.54, 1.807) is 72.8 Å². The van der Waals surface area contributed by atoms with Crippen LogP contribution in [0.15, 0.2) is 96.3 Å². The highest BCUT2D eigenvalue weighted by Gasteiger charge is 2.67. The molecule has 3 heterocycles. The number of aliphatic hydroxyl groups excluding tert-OH is 1. The Morgan fingerprint density at radius 1 is 0.892 bits per heavy atom. The number of rotatable bonds is 3. The minimum absolute atomic E-state index is 0.261. The van der Waals surface area contributed by atoms with Gasteiger partial charge in [0.05, 0.1) is 29.8 Å². The molecule has 1 unspecified atom stereocenters. The Morgan fingerprint density at radius 3 is 2.24 bits per heavy atom. The summed E-state index contributed by atoms with van der Waals surface area (Å²) in [4.78, 5) is 45.0. The molecule has 7 nitrogen and oxygen atoms in total. The van der Waals surface area contributed by atoms with E-state index in [0.717, 1.165) is 0 Å². The second-order valence-corrected chi connectivity index (χ2v) is 9.43. The second kappa shape index (κ2) is 8.64. The number of aliphatic hydroxyl groups is 1. The molecule has 1 saturated heterocycles. The minimum atomic E-state index is -1.93. The molecule has 3 aromatic carbocycles. The lowest BCUT2D eigenvalue weighted by molar-refractivity contribution is -0.132. The molecule has 184 valence electrons. The van der Waals surface area contributed by atoms with Crippen LogP contribution in [0.4, 0.5) is 17.1 Å². The Labute approximate surface area is 217 Å². The first-order valence-corrected chi connectivity index (χ1v) is 12.2. The number of para-hydroxylation sites is 3. The van der Waals surface area contributed by atoms with Crippen molar-refractivity contribution in [2.75, 3.05) is 16.4 Å². The smallest absolute Gasteiger partial charge is 0.300 e. The molecule has 0 aliphatic carbocycles. The molecular formula is C29H21ClN2O5. The van der Waals surface area contributed by atoms with Crippen molar-refractivity contribution in [3.05, 3.63) is 107 Å². The number of ketones is 1. The van der Waals surface area contributed by atoms with E-state index >= 15 is 0 Å². The lowest BCUT2D eigenvalue weighted by atomic mass is 9.76. The van der Waals surface area contributed by atoms with Gasteiger partial charge in [0.15, 0.2) is 5.54 Å². The zero-order valence-corrected chi connectivity index (χ0v) is 20.3. The van der Waals surface area contributed by atoms with E-state index in [9.17, 15) is 19.5 Å². The van der Waals surface area contributed by atoms with Crippen LogP contribution in [0.3, 0.4) is 0 Å². The summed E-state index contributed by atoms with van der Waals surface area (Å²) in [6.45, 7) is 0.441. The van der Waals surface area contributed by atoms with Gasteiger partial charge in [0, 0.05) is 21.8 Å². The zero-order chi connectivity index (χ0) is 25.7. The molecule has 1 N–H and O–H groups in total. The SMILES string of the molecule is O=C1C(=O)N2c3ccccc3N(c3ccccc3)C(=O)C2(C2=COCCC2)/C1=C(\O)c1ccc(Cl)cc1. The highest BCUT2D eigenvalue weighted by atomic mass is 35.5. The van der Waals surface area contributed by atoms with Gasteiger partial charge in [0.25, 0.3) is 11.7 Å². The van der Waals surface area contributed by atoms with Crippen LogP contribution in [0.25, 0.3) is 5.76 Å². The van der Waals surface area contributed by atoms with Crippen LogP contribution in [-0.4, -0.2) is 34.8 Å². The molecular weight excluding hydrogens is 492 g/mol. The molecule has 0 aromatic heterocycles. The van der Waals surface area contributed by atoms with Gasteiger partial charge in [-0.15, -0.1) is 0 Å². The molecule has 6 rings (SSSR count). The van der Waals surface area contributed by atoms with Gasteiger partial charge < -0.3 is 9.84 Å². The van der Waals surface area contributed by atoms with E-state index in [4.69, 9.17) is 16.3 Å². The molecule has 2 amide bonds. The fourth-order valence-corrected chi connectivity index (χ4v) is 5.51. The fraction of sp³-hybridized carbons (Fsp3) is 0.138. The topological polar surface area (TPSA) is 87.2 Å². The monoisotopic (exact) mass is 512 g/mol. The predicted molar refractivity (Wildman–Crippen MR) is 140 cm³/mol. The van der Waals surface area contributed by atoms with E-state index in [-0.39, 0.29) is 11.1 Å². The van der Waals surface area contributed by atoms with Crippen LogP contribution >= 0.6 is 11.6 Å². The van der Waals surface area contributed by atoms with Crippen LogP contribution in [0, 0.1) is 0 Å². The lowest BCUT2D eigenvalue weighted by Crippen LogP contribution is -2.62. The van der Waals surface area contributed by atoms with Crippen molar-refractivity contribution in [3.63, 3.8) is 0 Å². The van der Waals surface area contributed by atoms with Gasteiger partial charge >= 0.3 is 5.91 Å². The van der Waals surface area contributed by atoms with Crippen LogP contribution in [0.2, 0.25) is 5.02 Å². The number of carbonyl (C=O) groups is 3. The van der Waals surface area contributed by atoms with E-state index in [2.05, 4.69) is 0 Å². The van der Waals surface area contributed by atoms with Crippen molar-refractivity contribution in [2.45, 2.75) is 18.4 Å². The zero-order valence-electron chi connectivity index (χ0n) is 19.6. The summed E-state index contributed by atoms with van der Waals surface area (Å²) in [6.07, 6.45) is 2.43. The number of halogens is 1. The van der Waals surface area contributed by atoms with Gasteiger partial charge in [0.2, 0.25) is 0 Å². The van der Waals surface area contributed by atoms with Gasteiger partial charge in [-0.25, -0.2) is 0 Å². The highest BCUT2D eigenvalue weighted by Crippen LogP contribution is 2.54. The molecule has 1 atom stereocenters. The van der Waals surface area contributed by atoms with Crippen molar-refractivity contribution in [2.24, 2.45) is 0 Å². The molecule has 3 aliphatic rings. The normalized spacial score (nSPS) is 22.3.